The van der Waals surface area contributed by atoms with Gasteiger partial charge in [-0.05, 0) is 54.1 Å². The Morgan fingerprint density at radius 1 is 1.05 bits per heavy atom. The molecule has 4 heterocycles. The minimum Gasteiger partial charge on any atom is -0.469 e. The molecule has 39 heavy (non-hydrogen) atoms. The summed E-state index contributed by atoms with van der Waals surface area (Å²) in [5, 5.41) is 13.6. The van der Waals surface area contributed by atoms with Crippen LogP contribution in [0.15, 0.2) is 76.3 Å². The van der Waals surface area contributed by atoms with Gasteiger partial charge in [-0.15, -0.1) is 22.7 Å². The summed E-state index contributed by atoms with van der Waals surface area (Å²) in [5.41, 5.74) is 5.07. The molecule has 0 spiro atoms. The number of carbonyl (C=O) groups is 1. The molecule has 7 nitrogen and oxygen atoms in total. The average molecular weight is 574 g/mol. The SMILES string of the molecule is COC(=O)C1CN(c2cccc(-c3c(-c4ccsc4C#N)c4sccc4n3S(=O)(=O)c3ccc(C)cc3)c2)C1. The molecule has 0 aliphatic carbocycles. The van der Waals surface area contributed by atoms with Crippen molar-refractivity contribution in [1.29, 1.82) is 5.26 Å². The van der Waals surface area contributed by atoms with Crippen molar-refractivity contribution >= 4 is 54.6 Å². The zero-order valence-electron chi connectivity index (χ0n) is 21.1. The van der Waals surface area contributed by atoms with Crippen molar-refractivity contribution in [1.82, 2.24) is 3.97 Å². The first-order valence-electron chi connectivity index (χ1n) is 12.2. The van der Waals surface area contributed by atoms with Crippen LogP contribution in [0.4, 0.5) is 5.69 Å². The van der Waals surface area contributed by atoms with Crippen molar-refractivity contribution in [3.05, 3.63) is 81.9 Å². The number of thiophene rings is 2. The van der Waals surface area contributed by atoms with E-state index in [0.29, 0.717) is 40.3 Å². The third-order valence-electron chi connectivity index (χ3n) is 7.03. The summed E-state index contributed by atoms with van der Waals surface area (Å²) in [6.45, 7) is 2.98. The van der Waals surface area contributed by atoms with E-state index in [9.17, 15) is 18.5 Å². The van der Waals surface area contributed by atoms with Gasteiger partial charge in [0, 0.05) is 35.5 Å². The number of hydrogen-bond acceptors (Lipinski definition) is 8. The zero-order valence-corrected chi connectivity index (χ0v) is 23.6. The highest BCUT2D eigenvalue weighted by Crippen LogP contribution is 2.47. The van der Waals surface area contributed by atoms with E-state index in [-0.39, 0.29) is 16.8 Å². The van der Waals surface area contributed by atoms with Gasteiger partial charge in [-0.25, -0.2) is 12.4 Å². The van der Waals surface area contributed by atoms with Crippen LogP contribution in [-0.2, 0) is 19.6 Å². The summed E-state index contributed by atoms with van der Waals surface area (Å²) in [5.74, 6) is -0.418. The number of nitriles is 1. The second-order valence-corrected chi connectivity index (χ2v) is 13.0. The number of esters is 1. The van der Waals surface area contributed by atoms with Crippen molar-refractivity contribution in [3.63, 3.8) is 0 Å². The van der Waals surface area contributed by atoms with Crippen LogP contribution >= 0.6 is 22.7 Å². The Kier molecular flexibility index (Phi) is 6.30. The van der Waals surface area contributed by atoms with E-state index >= 15 is 0 Å². The van der Waals surface area contributed by atoms with Crippen molar-refractivity contribution in [3.8, 4) is 28.5 Å². The fourth-order valence-electron chi connectivity index (χ4n) is 5.00. The third kappa shape index (κ3) is 4.14. The molecule has 6 rings (SSSR count). The first-order chi connectivity index (χ1) is 18.8. The highest BCUT2D eigenvalue weighted by Gasteiger charge is 2.35. The number of hydrogen-bond donors (Lipinski definition) is 0. The number of carbonyl (C=O) groups excluding carboxylic acids is 1. The van der Waals surface area contributed by atoms with Gasteiger partial charge in [0.15, 0.2) is 0 Å². The Bertz CT molecular complexity index is 1870. The average Bonchev–Trinajstić information content (AvgIpc) is 3.63. The van der Waals surface area contributed by atoms with Gasteiger partial charge in [0.25, 0.3) is 10.0 Å². The number of anilines is 1. The summed E-state index contributed by atoms with van der Waals surface area (Å²) in [7, 11) is -2.61. The van der Waals surface area contributed by atoms with E-state index in [1.165, 1.54) is 33.8 Å². The molecule has 0 saturated carbocycles. The monoisotopic (exact) mass is 573 g/mol. The lowest BCUT2D eigenvalue weighted by Gasteiger charge is -2.39. The molecule has 0 unspecified atom stereocenters. The molecule has 2 aromatic carbocycles. The number of aromatic nitrogens is 1. The Morgan fingerprint density at radius 2 is 1.79 bits per heavy atom. The lowest BCUT2D eigenvalue weighted by atomic mass is 9.97. The molecular weight excluding hydrogens is 551 g/mol. The molecule has 1 aliphatic heterocycles. The van der Waals surface area contributed by atoms with Crippen LogP contribution in [0.3, 0.4) is 0 Å². The van der Waals surface area contributed by atoms with Gasteiger partial charge in [0.05, 0.1) is 33.8 Å². The number of rotatable bonds is 6. The van der Waals surface area contributed by atoms with Gasteiger partial charge < -0.3 is 9.64 Å². The van der Waals surface area contributed by atoms with Gasteiger partial charge in [-0.2, -0.15) is 5.26 Å². The van der Waals surface area contributed by atoms with E-state index in [2.05, 4.69) is 11.0 Å². The van der Waals surface area contributed by atoms with Crippen LogP contribution in [0.25, 0.3) is 32.6 Å². The normalized spacial score (nSPS) is 13.8. The minimum atomic E-state index is -4.00. The fraction of sp³-hybridized carbons (Fsp3) is 0.172. The first-order valence-corrected chi connectivity index (χ1v) is 15.4. The van der Waals surface area contributed by atoms with E-state index in [1.807, 2.05) is 54.1 Å². The van der Waals surface area contributed by atoms with Crippen LogP contribution in [0.1, 0.15) is 10.4 Å². The second-order valence-electron chi connectivity index (χ2n) is 9.39. The quantitative estimate of drug-likeness (QED) is 0.227. The summed E-state index contributed by atoms with van der Waals surface area (Å²) >= 11 is 2.79. The minimum absolute atomic E-state index is 0.186. The largest absolute Gasteiger partial charge is 0.469 e. The molecule has 0 radical (unpaired) electrons. The first kappa shape index (κ1) is 25.4. The van der Waals surface area contributed by atoms with Crippen LogP contribution in [0.2, 0.25) is 0 Å². The molecule has 0 amide bonds. The Morgan fingerprint density at radius 3 is 2.51 bits per heavy atom. The smallest absolute Gasteiger partial charge is 0.312 e. The maximum absolute atomic E-state index is 14.3. The summed E-state index contributed by atoms with van der Waals surface area (Å²) in [4.78, 5) is 14.7. The van der Waals surface area contributed by atoms with Gasteiger partial charge >= 0.3 is 5.97 Å². The molecule has 0 N–H and O–H groups in total. The summed E-state index contributed by atoms with van der Waals surface area (Å²) in [6.07, 6.45) is 0. The van der Waals surface area contributed by atoms with Crippen LogP contribution in [0, 0.1) is 24.2 Å². The molecule has 196 valence electrons. The predicted octanol–water partition coefficient (Wildman–Crippen LogP) is 6.12. The van der Waals surface area contributed by atoms with Crippen LogP contribution in [-0.4, -0.2) is 38.6 Å². The van der Waals surface area contributed by atoms with E-state index in [1.54, 1.807) is 24.3 Å². The Balaban J connectivity index is 1.59. The van der Waals surface area contributed by atoms with Gasteiger partial charge in [-0.1, -0.05) is 29.8 Å². The maximum atomic E-state index is 14.3. The lowest BCUT2D eigenvalue weighted by Crippen LogP contribution is -2.50. The van der Waals surface area contributed by atoms with E-state index in [4.69, 9.17) is 4.74 Å². The van der Waals surface area contributed by atoms with E-state index in [0.717, 1.165) is 21.5 Å². The molecule has 5 aromatic rings. The second kappa shape index (κ2) is 9.68. The predicted molar refractivity (Wildman–Crippen MR) is 155 cm³/mol. The highest BCUT2D eigenvalue weighted by molar-refractivity contribution is 7.90. The maximum Gasteiger partial charge on any atom is 0.312 e. The standard InChI is InChI=1S/C29H23N3O4S3/c1-18-6-8-22(9-7-18)39(34,35)32-24-11-13-38-28(24)26(23-10-12-37-25(23)15-30)27(32)19-4-3-5-21(14-19)31-16-20(17-31)29(33)36-2/h3-14,20H,16-17H2,1-2H3. The lowest BCUT2D eigenvalue weighted by molar-refractivity contribution is -0.146. The Labute approximate surface area is 234 Å². The highest BCUT2D eigenvalue weighted by atomic mass is 32.2. The number of ether oxygens (including phenoxy) is 1. The number of aryl methyl sites for hydroxylation is 1. The number of methoxy groups -OCH3 is 1. The topological polar surface area (TPSA) is 92.4 Å². The summed E-state index contributed by atoms with van der Waals surface area (Å²) in [6, 6.07) is 20.5. The van der Waals surface area contributed by atoms with Gasteiger partial charge in [0.2, 0.25) is 0 Å². The van der Waals surface area contributed by atoms with Gasteiger partial charge in [-0.3, -0.25) is 4.79 Å². The molecule has 1 fully saturated rings. The number of nitrogens with zero attached hydrogens (tertiary/aromatic N) is 3. The zero-order chi connectivity index (χ0) is 27.3. The van der Waals surface area contributed by atoms with Crippen molar-refractivity contribution in [2.24, 2.45) is 5.92 Å². The molecule has 3 aromatic heterocycles. The molecular formula is C29H23N3O4S3. The molecule has 1 aliphatic rings. The fourth-order valence-corrected chi connectivity index (χ4v) is 8.23. The van der Waals surface area contributed by atoms with Crippen molar-refractivity contribution in [2.75, 3.05) is 25.1 Å². The molecule has 0 bridgehead atoms. The van der Waals surface area contributed by atoms with Crippen molar-refractivity contribution < 1.29 is 17.9 Å². The van der Waals surface area contributed by atoms with Gasteiger partial charge in [0.1, 0.15) is 10.9 Å². The molecule has 0 atom stereocenters. The molecule has 1 saturated heterocycles. The van der Waals surface area contributed by atoms with Crippen LogP contribution in [0.5, 0.6) is 0 Å². The number of fused-ring (bicyclic) bond motifs is 1. The third-order valence-corrected chi connectivity index (χ3v) is 10.5. The van der Waals surface area contributed by atoms with E-state index < -0.39 is 10.0 Å². The summed E-state index contributed by atoms with van der Waals surface area (Å²) < 4.78 is 35.6. The molecule has 10 heteroatoms. The Hall–Kier alpha value is -3.91. The van der Waals surface area contributed by atoms with Crippen LogP contribution < -0.4 is 4.90 Å². The number of benzene rings is 2. The van der Waals surface area contributed by atoms with Crippen molar-refractivity contribution in [2.45, 2.75) is 11.8 Å².